The second kappa shape index (κ2) is 8.96. The Morgan fingerprint density at radius 1 is 0.967 bits per heavy atom. The Labute approximate surface area is 174 Å². The van der Waals surface area contributed by atoms with Gasteiger partial charge in [-0.3, -0.25) is 4.31 Å². The van der Waals surface area contributed by atoms with Crippen molar-refractivity contribution in [1.29, 1.82) is 0 Å². The molecule has 0 spiro atoms. The van der Waals surface area contributed by atoms with Crippen molar-refractivity contribution in [2.24, 2.45) is 0 Å². The Morgan fingerprint density at radius 3 is 2.27 bits per heavy atom. The number of carbonyl (C=O) groups is 1. The molecule has 0 N–H and O–H groups in total. The molecule has 8 heteroatoms. The number of nitrogens with zero attached hydrogens (tertiary/aromatic N) is 1. The average Bonchev–Trinajstić information content (AvgIpc) is 2.77. The molecule has 0 fully saturated rings. The van der Waals surface area contributed by atoms with Crippen molar-refractivity contribution in [3.05, 3.63) is 89.7 Å². The Hall–Kier alpha value is -3.39. The van der Waals surface area contributed by atoms with E-state index < -0.39 is 21.8 Å². The molecule has 0 amide bonds. The predicted octanol–water partition coefficient (Wildman–Crippen LogP) is 4.02. The van der Waals surface area contributed by atoms with E-state index in [1.165, 1.54) is 50.6 Å². The number of rotatable bonds is 7. The number of carbonyl (C=O) groups excluding carboxylic acids is 1. The lowest BCUT2D eigenvalue weighted by Crippen LogP contribution is -2.27. The summed E-state index contributed by atoms with van der Waals surface area (Å²) in [6, 6.07) is 18.1. The van der Waals surface area contributed by atoms with Gasteiger partial charge in [-0.2, -0.15) is 0 Å². The van der Waals surface area contributed by atoms with Crippen molar-refractivity contribution < 1.29 is 27.1 Å². The predicted molar refractivity (Wildman–Crippen MR) is 111 cm³/mol. The lowest BCUT2D eigenvalue weighted by atomic mass is 10.2. The van der Waals surface area contributed by atoms with Crippen LogP contribution in [-0.2, 0) is 21.4 Å². The molecule has 0 radical (unpaired) electrons. The maximum Gasteiger partial charge on any atom is 0.338 e. The summed E-state index contributed by atoms with van der Waals surface area (Å²) in [4.78, 5) is 12.2. The summed E-state index contributed by atoms with van der Waals surface area (Å²) in [7, 11) is -0.997. The van der Waals surface area contributed by atoms with E-state index >= 15 is 0 Å². The van der Waals surface area contributed by atoms with Crippen LogP contribution in [0.15, 0.2) is 77.7 Å². The van der Waals surface area contributed by atoms with E-state index in [0.717, 1.165) is 4.31 Å². The highest BCUT2D eigenvalue weighted by Crippen LogP contribution is 2.30. The van der Waals surface area contributed by atoms with Gasteiger partial charge in [-0.25, -0.2) is 17.6 Å². The van der Waals surface area contributed by atoms with E-state index in [4.69, 9.17) is 9.47 Å². The molecule has 0 atom stereocenters. The van der Waals surface area contributed by atoms with Gasteiger partial charge in [-0.1, -0.05) is 30.3 Å². The minimum atomic E-state index is -3.88. The highest BCUT2D eigenvalue weighted by atomic mass is 32.2. The van der Waals surface area contributed by atoms with E-state index in [1.807, 2.05) is 0 Å². The van der Waals surface area contributed by atoms with Crippen LogP contribution in [0.4, 0.5) is 10.1 Å². The van der Waals surface area contributed by atoms with Gasteiger partial charge in [-0.15, -0.1) is 0 Å². The first-order chi connectivity index (χ1) is 14.3. The summed E-state index contributed by atoms with van der Waals surface area (Å²) in [5.74, 6) is -0.733. The van der Waals surface area contributed by atoms with Gasteiger partial charge in [-0.05, 0) is 42.5 Å². The van der Waals surface area contributed by atoms with E-state index in [2.05, 4.69) is 0 Å². The molecule has 0 unspecified atom stereocenters. The number of anilines is 1. The maximum absolute atomic E-state index is 13.6. The first-order valence-corrected chi connectivity index (χ1v) is 10.4. The van der Waals surface area contributed by atoms with Crippen LogP contribution < -0.4 is 9.04 Å². The van der Waals surface area contributed by atoms with Crippen LogP contribution in [0.5, 0.6) is 5.75 Å². The van der Waals surface area contributed by atoms with E-state index in [-0.39, 0.29) is 22.6 Å². The molecule has 3 aromatic rings. The number of ether oxygens (including phenoxy) is 2. The van der Waals surface area contributed by atoms with Crippen molar-refractivity contribution in [3.63, 3.8) is 0 Å². The Morgan fingerprint density at radius 2 is 1.60 bits per heavy atom. The lowest BCUT2D eigenvalue weighted by molar-refractivity contribution is 0.0469. The van der Waals surface area contributed by atoms with Crippen LogP contribution in [-0.4, -0.2) is 28.5 Å². The zero-order valence-corrected chi connectivity index (χ0v) is 17.2. The van der Waals surface area contributed by atoms with Crippen LogP contribution in [0.25, 0.3) is 0 Å². The summed E-state index contributed by atoms with van der Waals surface area (Å²) in [5, 5.41) is 0. The largest absolute Gasteiger partial charge is 0.495 e. The highest BCUT2D eigenvalue weighted by Gasteiger charge is 2.24. The molecule has 3 aromatic carbocycles. The van der Waals surface area contributed by atoms with Gasteiger partial charge in [0.05, 0.1) is 23.3 Å². The summed E-state index contributed by atoms with van der Waals surface area (Å²) < 4.78 is 51.0. The van der Waals surface area contributed by atoms with Crippen molar-refractivity contribution >= 4 is 21.7 Å². The van der Waals surface area contributed by atoms with Gasteiger partial charge in [0.1, 0.15) is 18.2 Å². The summed E-state index contributed by atoms with van der Waals surface area (Å²) in [6.45, 7) is -0.220. The number of benzene rings is 3. The van der Waals surface area contributed by atoms with Gasteiger partial charge in [0.15, 0.2) is 0 Å². The fourth-order valence-corrected chi connectivity index (χ4v) is 3.99. The first-order valence-electron chi connectivity index (χ1n) is 8.97. The standard InChI is InChI=1S/C22H20FNO5S/c1-24(20-9-5-6-10-21(20)28-2)30(26,27)18-13-11-16(12-14-18)22(25)29-15-17-7-3-4-8-19(17)23/h3-14H,15H2,1-2H3. The molecule has 0 saturated heterocycles. The molecule has 0 bridgehead atoms. The third-order valence-electron chi connectivity index (χ3n) is 4.49. The quantitative estimate of drug-likeness (QED) is 0.531. The zero-order valence-electron chi connectivity index (χ0n) is 16.4. The van der Waals surface area contributed by atoms with Gasteiger partial charge in [0.2, 0.25) is 0 Å². The summed E-state index contributed by atoms with van der Waals surface area (Å²) in [6.07, 6.45) is 0. The molecular weight excluding hydrogens is 409 g/mol. The number of methoxy groups -OCH3 is 1. The van der Waals surface area contributed by atoms with Gasteiger partial charge >= 0.3 is 5.97 Å². The van der Waals surface area contributed by atoms with Crippen molar-refractivity contribution in [2.75, 3.05) is 18.5 Å². The normalized spacial score (nSPS) is 11.0. The molecule has 30 heavy (non-hydrogen) atoms. The van der Waals surface area contributed by atoms with Gasteiger partial charge in [0.25, 0.3) is 10.0 Å². The molecule has 3 rings (SSSR count). The number of hydrogen-bond acceptors (Lipinski definition) is 5. The molecule has 0 heterocycles. The van der Waals surface area contributed by atoms with Gasteiger partial charge in [0, 0.05) is 12.6 Å². The molecule has 0 aliphatic rings. The fraction of sp³-hybridized carbons (Fsp3) is 0.136. The third-order valence-corrected chi connectivity index (χ3v) is 6.28. The smallest absolute Gasteiger partial charge is 0.338 e. The Bertz CT molecular complexity index is 1150. The second-order valence-corrected chi connectivity index (χ2v) is 8.31. The van der Waals surface area contributed by atoms with Crippen molar-refractivity contribution in [1.82, 2.24) is 0 Å². The lowest BCUT2D eigenvalue weighted by Gasteiger charge is -2.21. The van der Waals surface area contributed by atoms with Crippen LogP contribution >= 0.6 is 0 Å². The Kier molecular flexibility index (Phi) is 6.37. The third kappa shape index (κ3) is 4.44. The Balaban J connectivity index is 1.75. The molecule has 6 nitrogen and oxygen atoms in total. The minimum absolute atomic E-state index is 0.00144. The van der Waals surface area contributed by atoms with Crippen molar-refractivity contribution in [3.8, 4) is 5.75 Å². The number of sulfonamides is 1. The molecular formula is C22H20FNO5S. The average molecular weight is 429 g/mol. The molecule has 156 valence electrons. The second-order valence-electron chi connectivity index (χ2n) is 6.34. The summed E-state index contributed by atoms with van der Waals surface area (Å²) in [5.41, 5.74) is 0.794. The van der Waals surface area contributed by atoms with E-state index in [0.29, 0.717) is 11.4 Å². The van der Waals surface area contributed by atoms with E-state index in [1.54, 1.807) is 36.4 Å². The minimum Gasteiger partial charge on any atom is -0.495 e. The maximum atomic E-state index is 13.6. The monoisotopic (exact) mass is 429 g/mol. The van der Waals surface area contributed by atoms with Crippen LogP contribution in [0.2, 0.25) is 0 Å². The first kappa shape index (κ1) is 21.3. The van der Waals surface area contributed by atoms with Crippen LogP contribution in [0.1, 0.15) is 15.9 Å². The number of hydrogen-bond donors (Lipinski definition) is 0. The van der Waals surface area contributed by atoms with Crippen molar-refractivity contribution in [2.45, 2.75) is 11.5 Å². The highest BCUT2D eigenvalue weighted by molar-refractivity contribution is 7.92. The number of halogens is 1. The molecule has 0 saturated carbocycles. The fourth-order valence-electron chi connectivity index (χ4n) is 2.78. The summed E-state index contributed by atoms with van der Waals surface area (Å²) >= 11 is 0. The number of esters is 1. The van der Waals surface area contributed by atoms with Crippen LogP contribution in [0.3, 0.4) is 0 Å². The molecule has 0 aliphatic carbocycles. The SMILES string of the molecule is COc1ccccc1N(C)S(=O)(=O)c1ccc(C(=O)OCc2ccccc2F)cc1. The van der Waals surface area contributed by atoms with Crippen LogP contribution in [0, 0.1) is 5.82 Å². The zero-order chi connectivity index (χ0) is 21.7. The van der Waals surface area contributed by atoms with E-state index in [9.17, 15) is 17.6 Å². The number of para-hydroxylation sites is 2. The molecule has 0 aromatic heterocycles. The topological polar surface area (TPSA) is 72.9 Å². The van der Waals surface area contributed by atoms with Gasteiger partial charge < -0.3 is 9.47 Å². The molecule has 0 aliphatic heterocycles.